The van der Waals surface area contributed by atoms with Gasteiger partial charge in [-0.05, 0) is 29.3 Å². The maximum atomic E-state index is 6.29. The van der Waals surface area contributed by atoms with Crippen LogP contribution in [-0.2, 0) is 0 Å². The third kappa shape index (κ3) is 3.15. The Morgan fingerprint density at radius 1 is 1.00 bits per heavy atom. The zero-order valence-corrected chi connectivity index (χ0v) is 14.2. The van der Waals surface area contributed by atoms with Crippen LogP contribution in [0.4, 0.5) is 0 Å². The smallest absolute Gasteiger partial charge is 0.161 e. The molecule has 0 amide bonds. The second kappa shape index (κ2) is 6.47. The number of ether oxygens (including phenoxy) is 2. The number of benzene rings is 2. The first-order valence-corrected chi connectivity index (χ1v) is 8.31. The SMILES string of the molecule is Clc1cccc(C(Br)c2ccc3c(c2)OCCCO3)c1Cl. The molecule has 21 heavy (non-hydrogen) atoms. The van der Waals surface area contributed by atoms with Gasteiger partial charge < -0.3 is 9.47 Å². The first-order chi connectivity index (χ1) is 10.2. The molecule has 1 heterocycles. The minimum Gasteiger partial charge on any atom is -0.490 e. The standard InChI is InChI=1S/C16H13BrCl2O2/c17-15(11-3-1-4-12(18)16(11)19)10-5-6-13-14(9-10)21-8-2-7-20-13/h1,3-6,9,15H,2,7-8H2. The van der Waals surface area contributed by atoms with E-state index < -0.39 is 0 Å². The normalized spacial score (nSPS) is 15.4. The molecule has 0 aromatic heterocycles. The molecule has 0 saturated heterocycles. The van der Waals surface area contributed by atoms with Crippen LogP contribution >= 0.6 is 39.1 Å². The lowest BCUT2D eigenvalue weighted by atomic mass is 10.0. The summed E-state index contributed by atoms with van der Waals surface area (Å²) < 4.78 is 11.4. The van der Waals surface area contributed by atoms with Crippen LogP contribution in [0.2, 0.25) is 10.0 Å². The zero-order chi connectivity index (χ0) is 14.8. The van der Waals surface area contributed by atoms with Crippen molar-refractivity contribution >= 4 is 39.1 Å². The van der Waals surface area contributed by atoms with E-state index in [0.29, 0.717) is 23.3 Å². The molecule has 5 heteroatoms. The molecule has 0 N–H and O–H groups in total. The molecule has 110 valence electrons. The van der Waals surface area contributed by atoms with E-state index in [1.54, 1.807) is 6.07 Å². The maximum Gasteiger partial charge on any atom is 0.161 e. The highest BCUT2D eigenvalue weighted by Crippen LogP contribution is 2.41. The molecular formula is C16H13BrCl2O2. The minimum atomic E-state index is -0.0548. The molecule has 1 aliphatic heterocycles. The number of halogens is 3. The molecule has 2 aromatic carbocycles. The summed E-state index contributed by atoms with van der Waals surface area (Å²) in [5, 5.41) is 1.11. The van der Waals surface area contributed by atoms with Gasteiger partial charge in [-0.25, -0.2) is 0 Å². The summed E-state index contributed by atoms with van der Waals surface area (Å²) in [4.78, 5) is -0.0548. The first-order valence-electron chi connectivity index (χ1n) is 6.64. The van der Waals surface area contributed by atoms with E-state index in [9.17, 15) is 0 Å². The van der Waals surface area contributed by atoms with Crippen molar-refractivity contribution in [3.8, 4) is 11.5 Å². The monoisotopic (exact) mass is 386 g/mol. The van der Waals surface area contributed by atoms with Crippen molar-refractivity contribution in [2.45, 2.75) is 11.2 Å². The highest BCUT2D eigenvalue weighted by atomic mass is 79.9. The van der Waals surface area contributed by atoms with Crippen molar-refractivity contribution in [3.05, 3.63) is 57.6 Å². The lowest BCUT2D eigenvalue weighted by Crippen LogP contribution is -1.98. The quantitative estimate of drug-likeness (QED) is 0.621. The Labute approximate surface area is 142 Å². The molecule has 1 unspecified atom stereocenters. The van der Waals surface area contributed by atoms with Gasteiger partial charge in [-0.15, -0.1) is 0 Å². The Kier molecular flexibility index (Phi) is 4.63. The Bertz CT molecular complexity index is 661. The van der Waals surface area contributed by atoms with Crippen molar-refractivity contribution in [2.75, 3.05) is 13.2 Å². The Morgan fingerprint density at radius 3 is 2.57 bits per heavy atom. The predicted octanol–water partition coefficient (Wildman–Crippen LogP) is 5.64. The molecule has 0 radical (unpaired) electrons. The Balaban J connectivity index is 1.96. The predicted molar refractivity (Wildman–Crippen MR) is 89.3 cm³/mol. The summed E-state index contributed by atoms with van der Waals surface area (Å²) in [7, 11) is 0. The van der Waals surface area contributed by atoms with Crippen molar-refractivity contribution in [2.24, 2.45) is 0 Å². The van der Waals surface area contributed by atoms with Gasteiger partial charge in [0.05, 0.1) is 28.1 Å². The van der Waals surface area contributed by atoms with Gasteiger partial charge in [-0.3, -0.25) is 0 Å². The molecule has 0 spiro atoms. The van der Waals surface area contributed by atoms with Crippen LogP contribution in [0.25, 0.3) is 0 Å². The number of fused-ring (bicyclic) bond motifs is 1. The molecule has 3 rings (SSSR count). The number of hydrogen-bond donors (Lipinski definition) is 0. The molecule has 1 atom stereocenters. The molecule has 1 aliphatic rings. The van der Waals surface area contributed by atoms with Crippen molar-refractivity contribution in [1.29, 1.82) is 0 Å². The van der Waals surface area contributed by atoms with Gasteiger partial charge in [0.25, 0.3) is 0 Å². The highest BCUT2D eigenvalue weighted by molar-refractivity contribution is 9.09. The molecule has 2 aromatic rings. The van der Waals surface area contributed by atoms with Crippen LogP contribution in [0.5, 0.6) is 11.5 Å². The van der Waals surface area contributed by atoms with Crippen LogP contribution in [-0.4, -0.2) is 13.2 Å². The van der Waals surface area contributed by atoms with E-state index in [4.69, 9.17) is 32.7 Å². The maximum absolute atomic E-state index is 6.29. The lowest BCUT2D eigenvalue weighted by Gasteiger charge is -2.15. The average Bonchev–Trinajstić information content (AvgIpc) is 2.74. The van der Waals surface area contributed by atoms with Gasteiger partial charge in [-0.2, -0.15) is 0 Å². The fourth-order valence-electron chi connectivity index (χ4n) is 2.23. The lowest BCUT2D eigenvalue weighted by molar-refractivity contribution is 0.297. The van der Waals surface area contributed by atoms with Gasteiger partial charge in [0.2, 0.25) is 0 Å². The van der Waals surface area contributed by atoms with Crippen molar-refractivity contribution < 1.29 is 9.47 Å². The largest absolute Gasteiger partial charge is 0.490 e. The first kappa shape index (κ1) is 15.0. The van der Waals surface area contributed by atoms with Gasteiger partial charge in [0.1, 0.15) is 0 Å². The van der Waals surface area contributed by atoms with E-state index >= 15 is 0 Å². The van der Waals surface area contributed by atoms with E-state index in [1.165, 1.54) is 0 Å². The van der Waals surface area contributed by atoms with Crippen molar-refractivity contribution in [1.82, 2.24) is 0 Å². The third-order valence-electron chi connectivity index (χ3n) is 3.32. The van der Waals surface area contributed by atoms with Crippen LogP contribution < -0.4 is 9.47 Å². The summed E-state index contributed by atoms with van der Waals surface area (Å²) in [5.74, 6) is 1.56. The molecule has 2 nitrogen and oxygen atoms in total. The van der Waals surface area contributed by atoms with Crippen LogP contribution in [0, 0.1) is 0 Å². The summed E-state index contributed by atoms with van der Waals surface area (Å²) in [6.45, 7) is 1.35. The van der Waals surface area contributed by atoms with Gasteiger partial charge >= 0.3 is 0 Å². The van der Waals surface area contributed by atoms with E-state index in [0.717, 1.165) is 29.0 Å². The van der Waals surface area contributed by atoms with E-state index in [-0.39, 0.29) is 4.83 Å². The molecule has 0 bridgehead atoms. The van der Waals surface area contributed by atoms with E-state index in [2.05, 4.69) is 15.9 Å². The summed E-state index contributed by atoms with van der Waals surface area (Å²) in [5.41, 5.74) is 1.97. The molecular weight excluding hydrogens is 375 g/mol. The molecule has 0 saturated carbocycles. The molecule has 0 fully saturated rings. The van der Waals surface area contributed by atoms with Gasteiger partial charge in [-0.1, -0.05) is 57.3 Å². The van der Waals surface area contributed by atoms with Crippen LogP contribution in [0.3, 0.4) is 0 Å². The fraction of sp³-hybridized carbons (Fsp3) is 0.250. The summed E-state index contributed by atoms with van der Waals surface area (Å²) in [6, 6.07) is 11.5. The zero-order valence-electron chi connectivity index (χ0n) is 11.1. The number of hydrogen-bond acceptors (Lipinski definition) is 2. The second-order valence-electron chi connectivity index (χ2n) is 4.76. The Hall–Kier alpha value is -0.900. The Morgan fingerprint density at radius 2 is 1.76 bits per heavy atom. The molecule has 0 aliphatic carbocycles. The van der Waals surface area contributed by atoms with Crippen molar-refractivity contribution in [3.63, 3.8) is 0 Å². The average molecular weight is 388 g/mol. The topological polar surface area (TPSA) is 18.5 Å². The second-order valence-corrected chi connectivity index (χ2v) is 6.46. The highest BCUT2D eigenvalue weighted by Gasteiger charge is 2.18. The number of alkyl halides is 1. The van der Waals surface area contributed by atoms with Gasteiger partial charge in [0.15, 0.2) is 11.5 Å². The van der Waals surface area contributed by atoms with Crippen LogP contribution in [0.1, 0.15) is 22.4 Å². The van der Waals surface area contributed by atoms with E-state index in [1.807, 2.05) is 30.3 Å². The summed E-state index contributed by atoms with van der Waals surface area (Å²) in [6.07, 6.45) is 0.891. The van der Waals surface area contributed by atoms with Crippen LogP contribution in [0.15, 0.2) is 36.4 Å². The van der Waals surface area contributed by atoms with Gasteiger partial charge in [0, 0.05) is 6.42 Å². The summed E-state index contributed by atoms with van der Waals surface area (Å²) >= 11 is 16.1. The fourth-order valence-corrected chi connectivity index (χ4v) is 3.45. The third-order valence-corrected chi connectivity index (χ3v) is 5.17. The number of rotatable bonds is 2. The minimum absolute atomic E-state index is 0.0548.